The second-order valence-electron chi connectivity index (χ2n) is 4.45. The van der Waals surface area contributed by atoms with Crippen LogP contribution in [0.25, 0.3) is 0 Å². The Morgan fingerprint density at radius 1 is 1.33 bits per heavy atom. The van der Waals surface area contributed by atoms with Gasteiger partial charge in [0, 0.05) is 15.8 Å². The molecule has 0 saturated heterocycles. The highest BCUT2D eigenvalue weighted by Gasteiger charge is 2.15. The van der Waals surface area contributed by atoms with Gasteiger partial charge in [0.2, 0.25) is 0 Å². The lowest BCUT2D eigenvalue weighted by atomic mass is 10.0. The number of hydrogen-bond donors (Lipinski definition) is 1. The Bertz CT molecular complexity index is 545. The molecule has 4 heteroatoms. The fraction of sp³-hybridized carbons (Fsp3) is 0.357. The van der Waals surface area contributed by atoms with Gasteiger partial charge < -0.3 is 5.11 Å². The number of nitrogens with zero attached hydrogens (tertiary/aromatic N) is 1. The molecule has 0 aliphatic rings. The van der Waals surface area contributed by atoms with Crippen LogP contribution in [0.15, 0.2) is 22.7 Å². The van der Waals surface area contributed by atoms with Crippen LogP contribution >= 0.6 is 27.3 Å². The summed E-state index contributed by atoms with van der Waals surface area (Å²) in [6.07, 6.45) is 0.0609. The molecule has 2 nitrogen and oxygen atoms in total. The number of halogens is 1. The quantitative estimate of drug-likeness (QED) is 0.921. The van der Waals surface area contributed by atoms with Gasteiger partial charge in [-0.05, 0) is 31.9 Å². The molecule has 2 aromatic rings. The molecule has 18 heavy (non-hydrogen) atoms. The first-order valence-corrected chi connectivity index (χ1v) is 7.46. The van der Waals surface area contributed by atoms with E-state index in [1.54, 1.807) is 11.3 Å². The normalized spacial score (nSPS) is 12.7. The summed E-state index contributed by atoms with van der Waals surface area (Å²) in [4.78, 5) is 5.69. The lowest BCUT2D eigenvalue weighted by molar-refractivity contribution is 0.177. The number of aliphatic hydroxyl groups is 1. The Balaban J connectivity index is 2.21. The second kappa shape index (κ2) is 5.51. The van der Waals surface area contributed by atoms with Gasteiger partial charge in [-0.2, -0.15) is 0 Å². The molecule has 1 atom stereocenters. The lowest BCUT2D eigenvalue weighted by Gasteiger charge is -2.12. The molecule has 1 N–H and O–H groups in total. The maximum Gasteiger partial charge on any atom is 0.0960 e. The van der Waals surface area contributed by atoms with Crippen molar-refractivity contribution in [1.82, 2.24) is 4.98 Å². The summed E-state index contributed by atoms with van der Waals surface area (Å²) in [6.45, 7) is 6.09. The fourth-order valence-electron chi connectivity index (χ4n) is 1.83. The average Bonchev–Trinajstić information content (AvgIpc) is 2.61. The van der Waals surface area contributed by atoms with Crippen molar-refractivity contribution in [1.29, 1.82) is 0 Å². The molecular formula is C14H16BrNOS. The molecule has 0 saturated carbocycles. The zero-order valence-electron chi connectivity index (χ0n) is 10.7. The Kier molecular flexibility index (Phi) is 4.20. The van der Waals surface area contributed by atoms with Gasteiger partial charge in [0.25, 0.3) is 0 Å². The van der Waals surface area contributed by atoms with Crippen LogP contribution in [0.2, 0.25) is 0 Å². The van der Waals surface area contributed by atoms with E-state index >= 15 is 0 Å². The van der Waals surface area contributed by atoms with E-state index < -0.39 is 6.10 Å². The lowest BCUT2D eigenvalue weighted by Crippen LogP contribution is -2.03. The largest absolute Gasteiger partial charge is 0.388 e. The van der Waals surface area contributed by atoms with Crippen molar-refractivity contribution in [2.24, 2.45) is 0 Å². The smallest absolute Gasteiger partial charge is 0.0960 e. The molecule has 1 unspecified atom stereocenters. The topological polar surface area (TPSA) is 33.1 Å². The molecular weight excluding hydrogens is 310 g/mol. The van der Waals surface area contributed by atoms with Crippen LogP contribution in [0.1, 0.15) is 32.8 Å². The highest BCUT2D eigenvalue weighted by molar-refractivity contribution is 9.10. The highest BCUT2D eigenvalue weighted by atomic mass is 79.9. The van der Waals surface area contributed by atoms with Gasteiger partial charge in [0.1, 0.15) is 0 Å². The summed E-state index contributed by atoms with van der Waals surface area (Å²) >= 11 is 5.20. The first-order chi connectivity index (χ1) is 8.49. The number of benzene rings is 1. The minimum Gasteiger partial charge on any atom is -0.388 e. The Hall–Kier alpha value is -0.710. The Labute approximate surface area is 120 Å². The van der Waals surface area contributed by atoms with Crippen LogP contribution in [0, 0.1) is 20.8 Å². The van der Waals surface area contributed by atoms with Gasteiger partial charge in [-0.1, -0.05) is 34.1 Å². The average molecular weight is 326 g/mol. The number of thiazole rings is 1. The van der Waals surface area contributed by atoms with Crippen molar-refractivity contribution in [2.75, 3.05) is 0 Å². The van der Waals surface area contributed by atoms with E-state index in [9.17, 15) is 5.11 Å². The summed E-state index contributed by atoms with van der Waals surface area (Å²) in [5, 5.41) is 11.3. The van der Waals surface area contributed by atoms with Gasteiger partial charge in [-0.3, -0.25) is 0 Å². The number of aromatic nitrogens is 1. The molecule has 0 aliphatic carbocycles. The third-order valence-corrected chi connectivity index (χ3v) is 5.20. The maximum absolute atomic E-state index is 10.3. The molecule has 1 aromatic heterocycles. The fourth-order valence-corrected chi connectivity index (χ4v) is 3.33. The van der Waals surface area contributed by atoms with Crippen molar-refractivity contribution in [3.63, 3.8) is 0 Å². The molecule has 2 rings (SSSR count). The van der Waals surface area contributed by atoms with Crippen LogP contribution in [-0.4, -0.2) is 10.1 Å². The van der Waals surface area contributed by atoms with Gasteiger partial charge in [0.05, 0.1) is 16.8 Å². The van der Waals surface area contributed by atoms with Gasteiger partial charge in [0.15, 0.2) is 0 Å². The summed E-state index contributed by atoms with van der Waals surface area (Å²) in [5.74, 6) is 0. The molecule has 0 radical (unpaired) electrons. The maximum atomic E-state index is 10.3. The summed E-state index contributed by atoms with van der Waals surface area (Å²) in [5.41, 5.74) is 3.13. The third kappa shape index (κ3) is 2.82. The van der Waals surface area contributed by atoms with Gasteiger partial charge in [-0.15, -0.1) is 11.3 Å². The SMILES string of the molecule is Cc1cccc(C(O)Cc2nc(C)c(C)s2)c1Br. The standard InChI is InChI=1S/C14H16BrNOS/c1-8-5-4-6-11(14(8)15)12(17)7-13-16-9(2)10(3)18-13/h4-6,12,17H,7H2,1-3H3. The summed E-state index contributed by atoms with van der Waals surface area (Å²) < 4.78 is 0.988. The molecule has 96 valence electrons. The minimum absolute atomic E-state index is 0.510. The van der Waals surface area contributed by atoms with Gasteiger partial charge in [-0.25, -0.2) is 4.98 Å². The van der Waals surface area contributed by atoms with Crippen molar-refractivity contribution in [2.45, 2.75) is 33.3 Å². The predicted octanol–water partition coefficient (Wildman–Crippen LogP) is 4.11. The van der Waals surface area contributed by atoms with E-state index in [0.717, 1.165) is 26.3 Å². The van der Waals surface area contributed by atoms with Crippen molar-refractivity contribution < 1.29 is 5.11 Å². The Morgan fingerprint density at radius 3 is 2.67 bits per heavy atom. The molecule has 1 heterocycles. The van der Waals surface area contributed by atoms with E-state index in [1.165, 1.54) is 4.88 Å². The minimum atomic E-state index is -0.510. The van der Waals surface area contributed by atoms with Gasteiger partial charge >= 0.3 is 0 Å². The molecule has 0 aliphatic heterocycles. The monoisotopic (exact) mass is 325 g/mol. The first kappa shape index (κ1) is 13.7. The van der Waals surface area contributed by atoms with Crippen LogP contribution in [0.5, 0.6) is 0 Å². The van der Waals surface area contributed by atoms with Crippen LogP contribution in [0.3, 0.4) is 0 Å². The van der Waals surface area contributed by atoms with Crippen LogP contribution in [0.4, 0.5) is 0 Å². The van der Waals surface area contributed by atoms with E-state index in [4.69, 9.17) is 0 Å². The third-order valence-electron chi connectivity index (χ3n) is 3.02. The second-order valence-corrected chi connectivity index (χ2v) is 6.53. The Morgan fingerprint density at radius 2 is 2.06 bits per heavy atom. The zero-order chi connectivity index (χ0) is 13.3. The van der Waals surface area contributed by atoms with E-state index in [0.29, 0.717) is 6.42 Å². The number of rotatable bonds is 3. The van der Waals surface area contributed by atoms with E-state index in [1.807, 2.05) is 32.0 Å². The molecule has 0 bridgehead atoms. The van der Waals surface area contributed by atoms with Crippen molar-refractivity contribution in [3.05, 3.63) is 49.4 Å². The highest BCUT2D eigenvalue weighted by Crippen LogP contribution is 2.30. The molecule has 1 aromatic carbocycles. The number of hydrogen-bond acceptors (Lipinski definition) is 3. The summed E-state index contributed by atoms with van der Waals surface area (Å²) in [7, 11) is 0. The first-order valence-electron chi connectivity index (χ1n) is 5.85. The van der Waals surface area contributed by atoms with Crippen LogP contribution in [-0.2, 0) is 6.42 Å². The molecule has 0 spiro atoms. The molecule has 0 amide bonds. The number of aliphatic hydroxyl groups excluding tert-OH is 1. The van der Waals surface area contributed by atoms with Crippen LogP contribution < -0.4 is 0 Å². The zero-order valence-corrected chi connectivity index (χ0v) is 13.1. The van der Waals surface area contributed by atoms with Crippen molar-refractivity contribution >= 4 is 27.3 Å². The predicted molar refractivity (Wildman–Crippen MR) is 79.1 cm³/mol. The van der Waals surface area contributed by atoms with E-state index in [-0.39, 0.29) is 0 Å². The van der Waals surface area contributed by atoms with Crippen molar-refractivity contribution in [3.8, 4) is 0 Å². The summed E-state index contributed by atoms with van der Waals surface area (Å²) in [6, 6.07) is 5.95. The number of aryl methyl sites for hydroxylation is 3. The van der Waals surface area contributed by atoms with E-state index in [2.05, 4.69) is 27.8 Å². The molecule has 0 fully saturated rings.